The Morgan fingerprint density at radius 2 is 1.92 bits per heavy atom. The van der Waals surface area contributed by atoms with Crippen molar-refractivity contribution in [2.75, 3.05) is 14.2 Å². The molecule has 0 amide bonds. The first kappa shape index (κ1) is 16.0. The van der Waals surface area contributed by atoms with Gasteiger partial charge in [0, 0.05) is 17.2 Å². The van der Waals surface area contributed by atoms with E-state index in [0.29, 0.717) is 0 Å². The monoisotopic (exact) mass is 334 g/mol. The molecule has 126 valence electrons. The van der Waals surface area contributed by atoms with Gasteiger partial charge in [0.25, 0.3) is 5.60 Å². The highest BCUT2D eigenvalue weighted by Crippen LogP contribution is 2.51. The molecule has 2 unspecified atom stereocenters. The van der Waals surface area contributed by atoms with Crippen LogP contribution in [0, 0.1) is 0 Å². The third-order valence-electron chi connectivity index (χ3n) is 4.44. The zero-order chi connectivity index (χ0) is 17.9. The van der Waals surface area contributed by atoms with E-state index in [-0.39, 0.29) is 22.4 Å². The van der Waals surface area contributed by atoms with E-state index in [0.717, 1.165) is 13.2 Å². The molecular weight excluding hydrogens is 320 g/mol. The van der Waals surface area contributed by atoms with Gasteiger partial charge in [-0.3, -0.25) is 4.79 Å². The fraction of sp³-hybridized carbons (Fsp3) is 0.312. The number of ether oxygens (including phenoxy) is 3. The van der Waals surface area contributed by atoms with E-state index in [1.54, 1.807) is 0 Å². The number of methoxy groups -OCH3 is 2. The fourth-order valence-electron chi connectivity index (χ4n) is 3.09. The number of benzene rings is 1. The van der Waals surface area contributed by atoms with Crippen LogP contribution in [0.2, 0.25) is 0 Å². The number of phenolic OH excluding ortho intramolecular Hbond substituents is 1. The van der Waals surface area contributed by atoms with Gasteiger partial charge in [-0.2, -0.15) is 0 Å². The summed E-state index contributed by atoms with van der Waals surface area (Å²) in [6, 6.07) is 2.63. The van der Waals surface area contributed by atoms with E-state index in [1.165, 1.54) is 26.2 Å². The Kier molecular flexibility index (Phi) is 3.21. The fourth-order valence-corrected chi connectivity index (χ4v) is 3.09. The number of aromatic hydroxyl groups is 1. The molecule has 24 heavy (non-hydrogen) atoms. The van der Waals surface area contributed by atoms with E-state index in [9.17, 15) is 24.6 Å². The van der Waals surface area contributed by atoms with E-state index in [1.807, 2.05) is 0 Å². The van der Waals surface area contributed by atoms with Crippen molar-refractivity contribution in [1.82, 2.24) is 0 Å². The van der Waals surface area contributed by atoms with E-state index < -0.39 is 34.7 Å². The van der Waals surface area contributed by atoms with Crippen LogP contribution in [0.15, 0.2) is 18.2 Å². The van der Waals surface area contributed by atoms with Crippen LogP contribution in [0.1, 0.15) is 22.8 Å². The second-order valence-electron chi connectivity index (χ2n) is 5.62. The summed E-state index contributed by atoms with van der Waals surface area (Å²) in [6.45, 7) is 1.23. The maximum Gasteiger partial charge on any atom is 0.350 e. The van der Waals surface area contributed by atoms with Crippen molar-refractivity contribution in [3.63, 3.8) is 0 Å². The van der Waals surface area contributed by atoms with Crippen LogP contribution in [-0.2, 0) is 19.1 Å². The van der Waals surface area contributed by atoms with Gasteiger partial charge in [-0.1, -0.05) is 0 Å². The summed E-state index contributed by atoms with van der Waals surface area (Å²) in [5.41, 5.74) is -4.66. The molecule has 1 aromatic rings. The standard InChI is InChI=1S/C16H14O8/c1-15-9(6-11(18)16(15,21)14(20)23-3)8-4-7(22-2)5-10(17)12(8)13(19)24-15/h4-6,17,21H,1-3H3. The lowest BCUT2D eigenvalue weighted by atomic mass is 9.77. The molecule has 0 saturated carbocycles. The molecule has 2 atom stereocenters. The molecule has 1 aliphatic heterocycles. The van der Waals surface area contributed by atoms with Crippen molar-refractivity contribution in [3.8, 4) is 11.5 Å². The van der Waals surface area contributed by atoms with Gasteiger partial charge in [-0.25, -0.2) is 9.59 Å². The van der Waals surface area contributed by atoms with E-state index >= 15 is 0 Å². The number of fused-ring (bicyclic) bond motifs is 3. The molecule has 2 aliphatic rings. The summed E-state index contributed by atoms with van der Waals surface area (Å²) in [5, 5.41) is 20.7. The van der Waals surface area contributed by atoms with Gasteiger partial charge in [0.15, 0.2) is 5.60 Å². The summed E-state index contributed by atoms with van der Waals surface area (Å²) in [6.07, 6.45) is 1.00. The number of carbonyl (C=O) groups is 3. The largest absolute Gasteiger partial charge is 0.507 e. The van der Waals surface area contributed by atoms with Crippen molar-refractivity contribution in [1.29, 1.82) is 0 Å². The summed E-state index contributed by atoms with van der Waals surface area (Å²) >= 11 is 0. The molecule has 1 aromatic carbocycles. The lowest BCUT2D eigenvalue weighted by Crippen LogP contribution is -2.62. The molecule has 0 radical (unpaired) electrons. The molecule has 3 rings (SSSR count). The highest BCUT2D eigenvalue weighted by Gasteiger charge is 2.69. The predicted molar refractivity (Wildman–Crippen MR) is 78.4 cm³/mol. The van der Waals surface area contributed by atoms with Gasteiger partial charge in [0.05, 0.1) is 14.2 Å². The van der Waals surface area contributed by atoms with Crippen LogP contribution in [0.5, 0.6) is 11.5 Å². The van der Waals surface area contributed by atoms with Crippen LogP contribution in [0.25, 0.3) is 5.57 Å². The maximum absolute atomic E-state index is 12.3. The topological polar surface area (TPSA) is 119 Å². The molecular formula is C16H14O8. The first-order valence-corrected chi connectivity index (χ1v) is 6.92. The highest BCUT2D eigenvalue weighted by molar-refractivity contribution is 6.24. The van der Waals surface area contributed by atoms with Gasteiger partial charge in [0.2, 0.25) is 5.78 Å². The minimum Gasteiger partial charge on any atom is -0.507 e. The smallest absolute Gasteiger partial charge is 0.350 e. The number of aliphatic hydroxyl groups is 1. The number of carbonyl (C=O) groups excluding carboxylic acids is 3. The SMILES string of the molecule is COC(=O)C1(O)C(=O)C=C2c3cc(OC)cc(O)c3C(=O)OC21C. The zero-order valence-electron chi connectivity index (χ0n) is 13.1. The number of ketones is 1. The van der Waals surface area contributed by atoms with Crippen LogP contribution in [0.3, 0.4) is 0 Å². The van der Waals surface area contributed by atoms with Crippen LogP contribution < -0.4 is 4.74 Å². The van der Waals surface area contributed by atoms with Crippen molar-refractivity contribution < 1.29 is 38.8 Å². The van der Waals surface area contributed by atoms with Crippen molar-refractivity contribution in [2.45, 2.75) is 18.1 Å². The molecule has 0 spiro atoms. The molecule has 8 nitrogen and oxygen atoms in total. The zero-order valence-corrected chi connectivity index (χ0v) is 13.1. The average Bonchev–Trinajstić information content (AvgIpc) is 2.75. The minimum absolute atomic E-state index is 0.0733. The lowest BCUT2D eigenvalue weighted by molar-refractivity contribution is -0.182. The van der Waals surface area contributed by atoms with E-state index in [4.69, 9.17) is 9.47 Å². The van der Waals surface area contributed by atoms with Gasteiger partial charge >= 0.3 is 11.9 Å². The minimum atomic E-state index is -2.71. The number of hydrogen-bond donors (Lipinski definition) is 2. The normalized spacial score (nSPS) is 27.8. The molecule has 0 aromatic heterocycles. The number of hydrogen-bond acceptors (Lipinski definition) is 8. The number of phenols is 1. The Labute approximate surface area is 136 Å². The number of esters is 2. The van der Waals surface area contributed by atoms with Gasteiger partial charge < -0.3 is 24.4 Å². The molecule has 1 heterocycles. The van der Waals surface area contributed by atoms with Crippen LogP contribution >= 0.6 is 0 Å². The van der Waals surface area contributed by atoms with Gasteiger partial charge in [0.1, 0.15) is 17.1 Å². The third-order valence-corrected chi connectivity index (χ3v) is 4.44. The first-order chi connectivity index (χ1) is 11.2. The molecule has 0 fully saturated rings. The van der Waals surface area contributed by atoms with Crippen molar-refractivity contribution in [3.05, 3.63) is 29.3 Å². The maximum atomic E-state index is 12.3. The van der Waals surface area contributed by atoms with Crippen LogP contribution in [-0.4, -0.2) is 53.4 Å². The van der Waals surface area contributed by atoms with Crippen molar-refractivity contribution >= 4 is 23.3 Å². The quantitative estimate of drug-likeness (QED) is 0.581. The molecule has 0 bridgehead atoms. The Hall–Kier alpha value is -2.87. The summed E-state index contributed by atoms with van der Waals surface area (Å²) in [7, 11) is 2.36. The second kappa shape index (κ2) is 4.81. The van der Waals surface area contributed by atoms with Gasteiger partial charge in [-0.15, -0.1) is 0 Å². The van der Waals surface area contributed by atoms with E-state index in [2.05, 4.69) is 4.74 Å². The average molecular weight is 334 g/mol. The van der Waals surface area contributed by atoms with Gasteiger partial charge in [-0.05, 0) is 19.1 Å². The predicted octanol–water partition coefficient (Wildman–Crippen LogP) is 0.200. The Morgan fingerprint density at radius 1 is 1.25 bits per heavy atom. The number of rotatable bonds is 2. The molecule has 8 heteroatoms. The Balaban J connectivity index is 2.30. The molecule has 2 N–H and O–H groups in total. The first-order valence-electron chi connectivity index (χ1n) is 6.92. The van der Waals surface area contributed by atoms with Crippen LogP contribution in [0.4, 0.5) is 0 Å². The van der Waals surface area contributed by atoms with Crippen molar-refractivity contribution in [2.24, 2.45) is 0 Å². The highest BCUT2D eigenvalue weighted by atomic mass is 16.6. The molecule has 0 saturated heterocycles. The lowest BCUT2D eigenvalue weighted by Gasteiger charge is -2.40. The summed E-state index contributed by atoms with van der Waals surface area (Å²) in [4.78, 5) is 36.7. The Morgan fingerprint density at radius 3 is 2.50 bits per heavy atom. The Bertz CT molecular complexity index is 824. The summed E-state index contributed by atoms with van der Waals surface area (Å²) in [5.74, 6) is -3.38. The third kappa shape index (κ3) is 1.68. The molecule has 1 aliphatic carbocycles. The summed E-state index contributed by atoms with van der Waals surface area (Å²) < 4.78 is 14.8. The second-order valence-corrected chi connectivity index (χ2v) is 5.62.